The van der Waals surface area contributed by atoms with Gasteiger partial charge >= 0.3 is 0 Å². The second-order valence-electron chi connectivity index (χ2n) is 6.15. The maximum atomic E-state index is 12.1. The van der Waals surface area contributed by atoms with Crippen LogP contribution in [0.4, 0.5) is 5.69 Å². The number of unbranched alkanes of at least 4 members (excludes halogenated alkanes) is 7. The Labute approximate surface area is 170 Å². The zero-order valence-electron chi connectivity index (χ0n) is 16.1. The molecule has 27 heavy (non-hydrogen) atoms. The number of nitro benzene ring substituents is 1. The third-order valence-corrected chi connectivity index (χ3v) is 6.11. The van der Waals surface area contributed by atoms with Crippen molar-refractivity contribution in [3.8, 4) is 0 Å². The lowest BCUT2D eigenvalue weighted by Crippen LogP contribution is -2.18. The molecule has 0 unspecified atom stereocenters. The summed E-state index contributed by atoms with van der Waals surface area (Å²) in [6.45, 7) is 2.23. The summed E-state index contributed by atoms with van der Waals surface area (Å²) in [5.41, 5.74) is 2.82. The molecule has 0 atom stereocenters. The van der Waals surface area contributed by atoms with Gasteiger partial charge in [0.15, 0.2) is 0 Å². The van der Waals surface area contributed by atoms with Crippen LogP contribution >= 0.6 is 23.5 Å². The van der Waals surface area contributed by atoms with Crippen molar-refractivity contribution in [1.29, 1.82) is 0 Å². The number of carbonyl (C=O) groups excluding carboxylic acids is 1. The summed E-state index contributed by atoms with van der Waals surface area (Å²) in [7, 11) is 0. The second-order valence-corrected chi connectivity index (χ2v) is 8.29. The first-order valence-corrected chi connectivity index (χ1v) is 11.6. The zero-order valence-corrected chi connectivity index (χ0v) is 17.7. The number of non-ortho nitro benzene ring substituents is 1. The van der Waals surface area contributed by atoms with E-state index in [0.717, 1.165) is 16.5 Å². The summed E-state index contributed by atoms with van der Waals surface area (Å²) in [6, 6.07) is 5.47. The molecule has 0 aromatic heterocycles. The highest BCUT2D eigenvalue weighted by atomic mass is 32.2. The van der Waals surface area contributed by atoms with Crippen molar-refractivity contribution < 1.29 is 9.72 Å². The van der Waals surface area contributed by atoms with Crippen molar-refractivity contribution in [2.75, 3.05) is 12.0 Å². The third kappa shape index (κ3) is 10.4. The molecular formula is C19H29N3O3S2. The molecule has 1 amide bonds. The molecule has 0 aliphatic rings. The van der Waals surface area contributed by atoms with Crippen LogP contribution in [-0.4, -0.2) is 27.2 Å². The van der Waals surface area contributed by atoms with Crippen molar-refractivity contribution in [2.45, 2.75) is 58.3 Å². The van der Waals surface area contributed by atoms with Crippen LogP contribution in [0.25, 0.3) is 0 Å². The number of amides is 1. The van der Waals surface area contributed by atoms with Crippen molar-refractivity contribution in [1.82, 2.24) is 5.43 Å². The molecule has 6 nitrogen and oxygen atoms in total. The van der Waals surface area contributed by atoms with Gasteiger partial charge in [0.25, 0.3) is 11.6 Å². The van der Waals surface area contributed by atoms with E-state index < -0.39 is 4.92 Å². The fourth-order valence-electron chi connectivity index (χ4n) is 2.43. The predicted molar refractivity (Wildman–Crippen MR) is 117 cm³/mol. The van der Waals surface area contributed by atoms with Gasteiger partial charge in [-0.3, -0.25) is 14.9 Å². The molecule has 8 heteroatoms. The van der Waals surface area contributed by atoms with Crippen LogP contribution < -0.4 is 5.43 Å². The van der Waals surface area contributed by atoms with E-state index in [1.807, 2.05) is 6.26 Å². The van der Waals surface area contributed by atoms with Gasteiger partial charge in [-0.1, -0.05) is 63.6 Å². The van der Waals surface area contributed by atoms with E-state index in [-0.39, 0.29) is 11.6 Å². The Morgan fingerprint density at radius 3 is 2.22 bits per heavy atom. The number of nitrogens with one attached hydrogen (secondary N) is 1. The van der Waals surface area contributed by atoms with E-state index in [1.54, 1.807) is 11.8 Å². The number of nitrogens with zero attached hydrogens (tertiary/aromatic N) is 2. The van der Waals surface area contributed by atoms with E-state index in [0.29, 0.717) is 5.56 Å². The monoisotopic (exact) mass is 411 g/mol. The number of carbonyl (C=O) groups is 1. The summed E-state index contributed by atoms with van der Waals surface area (Å²) in [5.74, 6) is 0.617. The fourth-order valence-corrected chi connectivity index (χ4v) is 3.92. The molecule has 0 saturated carbocycles. The number of hydrazone groups is 1. The Morgan fingerprint density at radius 2 is 1.67 bits per heavy atom. The molecule has 1 N–H and O–H groups in total. The molecular weight excluding hydrogens is 382 g/mol. The van der Waals surface area contributed by atoms with E-state index in [9.17, 15) is 14.9 Å². The van der Waals surface area contributed by atoms with Crippen molar-refractivity contribution in [3.05, 3.63) is 39.9 Å². The van der Waals surface area contributed by atoms with Crippen molar-refractivity contribution >= 4 is 39.5 Å². The molecule has 1 aromatic rings. The third-order valence-electron chi connectivity index (χ3n) is 3.99. The first kappa shape index (κ1) is 23.5. The van der Waals surface area contributed by atoms with Crippen LogP contribution in [-0.2, 0) is 0 Å². The summed E-state index contributed by atoms with van der Waals surface area (Å²) in [4.78, 5) is 22.2. The first-order chi connectivity index (χ1) is 13.1. The lowest BCUT2D eigenvalue weighted by Gasteiger charge is -2.05. The number of hydrogen-bond acceptors (Lipinski definition) is 6. The first-order valence-electron chi connectivity index (χ1n) is 9.37. The van der Waals surface area contributed by atoms with Gasteiger partial charge in [-0.05, 0) is 24.8 Å². The molecule has 1 aromatic carbocycles. The van der Waals surface area contributed by atoms with E-state index >= 15 is 0 Å². The van der Waals surface area contributed by atoms with Gasteiger partial charge in [0.2, 0.25) is 0 Å². The summed E-state index contributed by atoms with van der Waals surface area (Å²) in [5, 5.41) is 14.8. The maximum Gasteiger partial charge on any atom is 0.271 e. The molecule has 0 fully saturated rings. The van der Waals surface area contributed by atoms with Gasteiger partial charge in [-0.15, -0.1) is 11.8 Å². The number of benzene rings is 1. The van der Waals surface area contributed by atoms with Gasteiger partial charge in [-0.2, -0.15) is 5.10 Å². The van der Waals surface area contributed by atoms with Gasteiger partial charge in [0.1, 0.15) is 4.38 Å². The highest BCUT2D eigenvalue weighted by molar-refractivity contribution is 8.38. The number of nitro groups is 1. The molecule has 0 aliphatic carbocycles. The average Bonchev–Trinajstić information content (AvgIpc) is 2.68. The predicted octanol–water partition coefficient (Wildman–Crippen LogP) is 5.83. The fraction of sp³-hybridized carbons (Fsp3) is 0.579. The highest BCUT2D eigenvalue weighted by Gasteiger charge is 2.09. The molecule has 0 saturated heterocycles. The Morgan fingerprint density at radius 1 is 1.07 bits per heavy atom. The molecule has 150 valence electrons. The van der Waals surface area contributed by atoms with E-state index in [4.69, 9.17) is 0 Å². The van der Waals surface area contributed by atoms with Crippen LogP contribution in [0.5, 0.6) is 0 Å². The molecule has 0 aliphatic heterocycles. The SMILES string of the molecule is CCCCCCCCCCSC(=NNC(=O)c1ccc([N+](=O)[O-])cc1)SC. The summed E-state index contributed by atoms with van der Waals surface area (Å²) < 4.78 is 0.813. The normalized spacial score (nSPS) is 11.4. The quantitative estimate of drug-likeness (QED) is 0.154. The molecule has 0 bridgehead atoms. The molecule has 1 rings (SSSR count). The second kappa shape index (κ2) is 14.5. The van der Waals surface area contributed by atoms with E-state index in [1.165, 1.54) is 81.0 Å². The lowest BCUT2D eigenvalue weighted by molar-refractivity contribution is -0.384. The van der Waals surface area contributed by atoms with Gasteiger partial charge in [0.05, 0.1) is 4.92 Å². The lowest BCUT2D eigenvalue weighted by atomic mass is 10.1. The van der Waals surface area contributed by atoms with Crippen molar-refractivity contribution in [3.63, 3.8) is 0 Å². The smallest absolute Gasteiger partial charge is 0.267 e. The van der Waals surface area contributed by atoms with Crippen molar-refractivity contribution in [2.24, 2.45) is 5.10 Å². The average molecular weight is 412 g/mol. The standard InChI is InChI=1S/C19H29N3O3S2/c1-3-4-5-6-7-8-9-10-15-27-19(26-2)21-20-18(23)16-11-13-17(14-12-16)22(24)25/h11-14H,3-10,15H2,1-2H3,(H,20,23). The number of thioether (sulfide) groups is 2. The van der Waals surface area contributed by atoms with Crippen LogP contribution in [0.1, 0.15) is 68.6 Å². The Kier molecular flexibility index (Phi) is 12.6. The topological polar surface area (TPSA) is 84.6 Å². The van der Waals surface area contributed by atoms with Gasteiger partial charge in [-0.25, -0.2) is 5.43 Å². The van der Waals surface area contributed by atoms with Crippen LogP contribution in [0, 0.1) is 10.1 Å². The minimum Gasteiger partial charge on any atom is -0.267 e. The number of rotatable bonds is 12. The highest BCUT2D eigenvalue weighted by Crippen LogP contribution is 2.17. The zero-order chi connectivity index (χ0) is 19.9. The van der Waals surface area contributed by atoms with Crippen LogP contribution in [0.3, 0.4) is 0 Å². The van der Waals surface area contributed by atoms with Crippen LogP contribution in [0.15, 0.2) is 29.4 Å². The summed E-state index contributed by atoms with van der Waals surface area (Å²) in [6.07, 6.45) is 12.2. The number of hydrogen-bond donors (Lipinski definition) is 1. The Bertz CT molecular complexity index is 607. The van der Waals surface area contributed by atoms with Gasteiger partial charge in [0, 0.05) is 23.4 Å². The largest absolute Gasteiger partial charge is 0.271 e. The molecule has 0 radical (unpaired) electrons. The van der Waals surface area contributed by atoms with E-state index in [2.05, 4.69) is 17.5 Å². The molecule has 0 heterocycles. The Hall–Kier alpha value is -1.54. The van der Waals surface area contributed by atoms with Crippen LogP contribution in [0.2, 0.25) is 0 Å². The molecule has 0 spiro atoms. The minimum absolute atomic E-state index is 0.0410. The minimum atomic E-state index is -0.493. The maximum absolute atomic E-state index is 12.1. The summed E-state index contributed by atoms with van der Waals surface area (Å²) >= 11 is 3.15. The Balaban J connectivity index is 2.27. The van der Waals surface area contributed by atoms with Gasteiger partial charge < -0.3 is 0 Å².